The van der Waals surface area contributed by atoms with Crippen molar-refractivity contribution in [2.24, 2.45) is 0 Å². The van der Waals surface area contributed by atoms with Crippen molar-refractivity contribution in [3.63, 3.8) is 0 Å². The second-order valence-corrected chi connectivity index (χ2v) is 8.68. The zero-order valence-electron chi connectivity index (χ0n) is 18.2. The minimum Gasteiger partial charge on any atom is -0.452 e. The summed E-state index contributed by atoms with van der Waals surface area (Å²) >= 11 is 0. The molecule has 0 bridgehead atoms. The van der Waals surface area contributed by atoms with Crippen molar-refractivity contribution >= 4 is 50.8 Å². The fraction of sp³-hybridized carbons (Fsp3) is 0.238. The van der Waals surface area contributed by atoms with Crippen molar-refractivity contribution in [3.05, 3.63) is 48.5 Å². The van der Waals surface area contributed by atoms with E-state index in [9.17, 15) is 27.6 Å². The van der Waals surface area contributed by atoms with E-state index in [-0.39, 0.29) is 16.7 Å². The Morgan fingerprint density at radius 1 is 0.788 bits per heavy atom. The maximum atomic E-state index is 12.3. The molecule has 11 nitrogen and oxygen atoms in total. The Kier molecular flexibility index (Phi) is 8.65. The molecule has 0 saturated heterocycles. The number of carbonyl (C=O) groups excluding carboxylic acids is 4. The molecule has 0 aliphatic carbocycles. The van der Waals surface area contributed by atoms with Crippen LogP contribution in [0.1, 0.15) is 20.8 Å². The van der Waals surface area contributed by atoms with E-state index >= 15 is 0 Å². The van der Waals surface area contributed by atoms with Gasteiger partial charge in [0.25, 0.3) is 5.91 Å². The molecule has 2 aromatic carbocycles. The highest BCUT2D eigenvalue weighted by Crippen LogP contribution is 2.15. The molecule has 1 atom stereocenters. The molecular formula is C21H24N4O7S. The summed E-state index contributed by atoms with van der Waals surface area (Å²) in [7, 11) is -4.01. The molecule has 0 fully saturated rings. The largest absolute Gasteiger partial charge is 0.452 e. The number of hydrogen-bond acceptors (Lipinski definition) is 7. The number of benzene rings is 2. The van der Waals surface area contributed by atoms with E-state index in [1.807, 2.05) is 0 Å². The van der Waals surface area contributed by atoms with E-state index in [1.54, 1.807) is 24.3 Å². The Bertz CT molecular complexity index is 1130. The van der Waals surface area contributed by atoms with Gasteiger partial charge in [-0.3, -0.25) is 19.2 Å². The lowest BCUT2D eigenvalue weighted by molar-refractivity contribution is -0.151. The van der Waals surface area contributed by atoms with Crippen LogP contribution in [0.25, 0.3) is 0 Å². The molecule has 176 valence electrons. The first kappa shape index (κ1) is 25.5. The Labute approximate surface area is 190 Å². The standard InChI is InChI=1S/C21H24N4O7S/c1-13(21(29)25-18-6-4-16(5-7-18)23-14(2)26)32-20(28)12-22-33(30,31)19-10-8-17(9-11-19)24-15(3)27/h4-11,13,22H,12H2,1-3H3,(H,23,26)(H,24,27)(H,25,29). The number of anilines is 3. The first-order chi connectivity index (χ1) is 15.5. The van der Waals surface area contributed by atoms with Crippen molar-refractivity contribution in [2.75, 3.05) is 22.5 Å². The summed E-state index contributed by atoms with van der Waals surface area (Å²) in [5.41, 5.74) is 1.39. The average molecular weight is 477 g/mol. The fourth-order valence-corrected chi connectivity index (χ4v) is 3.50. The molecule has 2 aromatic rings. The van der Waals surface area contributed by atoms with Gasteiger partial charge in [0.1, 0.15) is 6.54 Å². The molecule has 4 N–H and O–H groups in total. The van der Waals surface area contributed by atoms with Crippen molar-refractivity contribution in [2.45, 2.75) is 31.8 Å². The van der Waals surface area contributed by atoms with Crippen molar-refractivity contribution in [1.29, 1.82) is 0 Å². The van der Waals surface area contributed by atoms with Crippen LogP contribution in [0.2, 0.25) is 0 Å². The van der Waals surface area contributed by atoms with Gasteiger partial charge in [-0.25, -0.2) is 8.42 Å². The molecular weight excluding hydrogens is 452 g/mol. The van der Waals surface area contributed by atoms with Gasteiger partial charge >= 0.3 is 5.97 Å². The fourth-order valence-electron chi connectivity index (χ4n) is 2.53. The van der Waals surface area contributed by atoms with Crippen molar-refractivity contribution in [1.82, 2.24) is 4.72 Å². The third-order valence-corrected chi connectivity index (χ3v) is 5.46. The van der Waals surface area contributed by atoms with Crippen LogP contribution in [0.3, 0.4) is 0 Å². The van der Waals surface area contributed by atoms with Gasteiger partial charge in [-0.15, -0.1) is 0 Å². The second kappa shape index (κ2) is 11.2. The smallest absolute Gasteiger partial charge is 0.321 e. The minimum absolute atomic E-state index is 0.113. The number of amides is 3. The number of rotatable bonds is 9. The summed E-state index contributed by atoms with van der Waals surface area (Å²) in [5.74, 6) is -2.10. The lowest BCUT2D eigenvalue weighted by Crippen LogP contribution is -2.35. The number of carbonyl (C=O) groups is 4. The quantitative estimate of drug-likeness (QED) is 0.399. The SMILES string of the molecule is CC(=O)Nc1ccc(NC(=O)C(C)OC(=O)CNS(=O)(=O)c2ccc(NC(C)=O)cc2)cc1. The van der Waals surface area contributed by atoms with Gasteiger partial charge < -0.3 is 20.7 Å². The van der Waals surface area contributed by atoms with E-state index in [0.29, 0.717) is 17.1 Å². The third kappa shape index (κ3) is 8.35. The molecule has 1 unspecified atom stereocenters. The van der Waals surface area contributed by atoms with Crippen LogP contribution in [-0.4, -0.2) is 44.8 Å². The first-order valence-corrected chi connectivity index (χ1v) is 11.2. The van der Waals surface area contributed by atoms with Crippen molar-refractivity contribution in [3.8, 4) is 0 Å². The van der Waals surface area contributed by atoms with E-state index in [2.05, 4.69) is 20.7 Å². The highest BCUT2D eigenvalue weighted by Gasteiger charge is 2.21. The molecule has 0 heterocycles. The molecule has 0 spiro atoms. The Morgan fingerprint density at radius 3 is 1.67 bits per heavy atom. The summed E-state index contributed by atoms with van der Waals surface area (Å²) in [4.78, 5) is 46.1. The predicted molar refractivity (Wildman–Crippen MR) is 121 cm³/mol. The predicted octanol–water partition coefficient (Wildman–Crippen LogP) is 1.45. The maximum Gasteiger partial charge on any atom is 0.321 e. The van der Waals surface area contributed by atoms with Gasteiger partial charge in [0, 0.05) is 30.9 Å². The Balaban J connectivity index is 1.85. The Morgan fingerprint density at radius 2 is 1.21 bits per heavy atom. The minimum atomic E-state index is -4.01. The van der Waals surface area contributed by atoms with Gasteiger partial charge in [-0.2, -0.15) is 4.72 Å². The molecule has 2 rings (SSSR count). The number of sulfonamides is 1. The number of nitrogens with one attached hydrogen (secondary N) is 4. The zero-order chi connectivity index (χ0) is 24.6. The van der Waals surface area contributed by atoms with Crippen LogP contribution < -0.4 is 20.7 Å². The van der Waals surface area contributed by atoms with Crippen LogP contribution in [0.15, 0.2) is 53.4 Å². The van der Waals surface area contributed by atoms with Crippen molar-refractivity contribution < 1.29 is 32.3 Å². The maximum absolute atomic E-state index is 12.3. The van der Waals surface area contributed by atoms with E-state index in [1.165, 1.54) is 45.0 Å². The Hall–Kier alpha value is -3.77. The summed E-state index contributed by atoms with van der Waals surface area (Å²) in [5, 5.41) is 7.65. The lowest BCUT2D eigenvalue weighted by atomic mass is 10.2. The zero-order valence-corrected chi connectivity index (χ0v) is 19.0. The first-order valence-electron chi connectivity index (χ1n) is 9.71. The topological polar surface area (TPSA) is 160 Å². The molecule has 12 heteroatoms. The van der Waals surface area contributed by atoms with Gasteiger partial charge in [-0.1, -0.05) is 0 Å². The lowest BCUT2D eigenvalue weighted by Gasteiger charge is -2.14. The number of esters is 1. The average Bonchev–Trinajstić information content (AvgIpc) is 2.73. The molecule has 0 radical (unpaired) electrons. The van der Waals surface area contributed by atoms with E-state index in [0.717, 1.165) is 0 Å². The van der Waals surface area contributed by atoms with E-state index in [4.69, 9.17) is 4.74 Å². The third-order valence-electron chi connectivity index (χ3n) is 4.04. The monoisotopic (exact) mass is 476 g/mol. The molecule has 0 saturated carbocycles. The molecule has 33 heavy (non-hydrogen) atoms. The highest BCUT2D eigenvalue weighted by molar-refractivity contribution is 7.89. The molecule has 0 aromatic heterocycles. The molecule has 3 amide bonds. The second-order valence-electron chi connectivity index (χ2n) is 6.91. The summed E-state index contributed by atoms with van der Waals surface area (Å²) in [6, 6.07) is 11.6. The molecule has 0 aliphatic rings. The molecule has 0 aliphatic heterocycles. The van der Waals surface area contributed by atoms with Crippen LogP contribution in [-0.2, 0) is 33.9 Å². The van der Waals surface area contributed by atoms with Crippen LogP contribution in [0.4, 0.5) is 17.1 Å². The summed E-state index contributed by atoms with van der Waals surface area (Å²) in [6.45, 7) is 3.35. The normalized spacial score (nSPS) is 11.7. The summed E-state index contributed by atoms with van der Waals surface area (Å²) in [6.07, 6.45) is -1.19. The number of hydrogen-bond donors (Lipinski definition) is 4. The van der Waals surface area contributed by atoms with Gasteiger partial charge in [0.15, 0.2) is 6.10 Å². The summed E-state index contributed by atoms with van der Waals surface area (Å²) < 4.78 is 31.7. The highest BCUT2D eigenvalue weighted by atomic mass is 32.2. The number of ether oxygens (including phenoxy) is 1. The van der Waals surface area contributed by atoms with Crippen LogP contribution in [0, 0.1) is 0 Å². The van der Waals surface area contributed by atoms with Crippen LogP contribution >= 0.6 is 0 Å². The van der Waals surface area contributed by atoms with Gasteiger partial charge in [0.05, 0.1) is 4.90 Å². The van der Waals surface area contributed by atoms with Gasteiger partial charge in [-0.05, 0) is 55.5 Å². The van der Waals surface area contributed by atoms with Crippen LogP contribution in [0.5, 0.6) is 0 Å². The van der Waals surface area contributed by atoms with Gasteiger partial charge in [0.2, 0.25) is 21.8 Å². The van der Waals surface area contributed by atoms with E-state index < -0.39 is 34.5 Å².